The highest BCUT2D eigenvalue weighted by Gasteiger charge is 2.16. The topological polar surface area (TPSA) is 97.4 Å². The van der Waals surface area contributed by atoms with E-state index in [0.29, 0.717) is 16.9 Å². The van der Waals surface area contributed by atoms with Gasteiger partial charge >= 0.3 is 0 Å². The molecule has 8 heteroatoms. The summed E-state index contributed by atoms with van der Waals surface area (Å²) < 4.78 is 26.7. The molecule has 2 aromatic carbocycles. The summed E-state index contributed by atoms with van der Waals surface area (Å²) in [6.45, 7) is 0. The Morgan fingerprint density at radius 2 is 1.76 bits per heavy atom. The molecular weight excluding hydrogens is 388 g/mol. The largest absolute Gasteiger partial charge is 0.397 e. The van der Waals surface area contributed by atoms with Crippen molar-refractivity contribution in [2.45, 2.75) is 4.90 Å². The van der Waals surface area contributed by atoms with E-state index in [1.54, 1.807) is 54.6 Å². The maximum atomic E-state index is 12.8. The summed E-state index contributed by atoms with van der Waals surface area (Å²) in [7, 11) is 0.0644. The van der Waals surface area contributed by atoms with Gasteiger partial charge in [-0.05, 0) is 54.1 Å². The SMILES string of the molecule is CN(C)c1ccc(S(=O)(=O)n2ccc(C=CC(=O)Nc3ccccc3N)c2)cc1. The van der Waals surface area contributed by atoms with Crippen LogP contribution in [0.4, 0.5) is 17.1 Å². The van der Waals surface area contributed by atoms with Crippen LogP contribution < -0.4 is 16.0 Å². The Labute approximate surface area is 170 Å². The number of carbonyl (C=O) groups excluding carboxylic acids is 1. The van der Waals surface area contributed by atoms with Gasteiger partial charge in [0.25, 0.3) is 10.0 Å². The Kier molecular flexibility index (Phi) is 5.74. The minimum Gasteiger partial charge on any atom is -0.397 e. The number of rotatable bonds is 6. The smallest absolute Gasteiger partial charge is 0.267 e. The number of anilines is 3. The van der Waals surface area contributed by atoms with Gasteiger partial charge in [0.05, 0.1) is 16.3 Å². The molecule has 150 valence electrons. The number of hydrogen-bond donors (Lipinski definition) is 2. The van der Waals surface area contributed by atoms with Crippen LogP contribution in [-0.4, -0.2) is 32.4 Å². The zero-order valence-electron chi connectivity index (χ0n) is 16.1. The van der Waals surface area contributed by atoms with Crippen LogP contribution in [0.5, 0.6) is 0 Å². The molecule has 3 N–H and O–H groups in total. The molecule has 0 atom stereocenters. The van der Waals surface area contributed by atoms with Gasteiger partial charge in [-0.2, -0.15) is 0 Å². The van der Waals surface area contributed by atoms with Gasteiger partial charge in [-0.15, -0.1) is 0 Å². The van der Waals surface area contributed by atoms with E-state index in [-0.39, 0.29) is 10.8 Å². The molecule has 3 rings (SSSR count). The van der Waals surface area contributed by atoms with E-state index >= 15 is 0 Å². The minimum atomic E-state index is -3.71. The summed E-state index contributed by atoms with van der Waals surface area (Å²) in [5, 5.41) is 2.68. The number of aromatic nitrogens is 1. The van der Waals surface area contributed by atoms with Crippen molar-refractivity contribution in [3.8, 4) is 0 Å². The predicted octanol–water partition coefficient (Wildman–Crippen LogP) is 3.03. The van der Waals surface area contributed by atoms with Gasteiger partial charge in [0.2, 0.25) is 5.91 Å². The van der Waals surface area contributed by atoms with E-state index in [9.17, 15) is 13.2 Å². The van der Waals surface area contributed by atoms with Crippen LogP contribution in [0.1, 0.15) is 5.56 Å². The van der Waals surface area contributed by atoms with Gasteiger partial charge in [-0.1, -0.05) is 12.1 Å². The van der Waals surface area contributed by atoms with E-state index in [1.807, 2.05) is 19.0 Å². The molecule has 1 aromatic heterocycles. The number of carbonyl (C=O) groups is 1. The average molecular weight is 410 g/mol. The number of para-hydroxylation sites is 2. The molecule has 29 heavy (non-hydrogen) atoms. The molecule has 0 saturated heterocycles. The van der Waals surface area contributed by atoms with Crippen molar-refractivity contribution in [1.82, 2.24) is 3.97 Å². The Morgan fingerprint density at radius 3 is 2.41 bits per heavy atom. The highest BCUT2D eigenvalue weighted by atomic mass is 32.2. The van der Waals surface area contributed by atoms with Crippen molar-refractivity contribution < 1.29 is 13.2 Å². The van der Waals surface area contributed by atoms with Crippen molar-refractivity contribution in [3.63, 3.8) is 0 Å². The van der Waals surface area contributed by atoms with Gasteiger partial charge < -0.3 is 16.0 Å². The fourth-order valence-corrected chi connectivity index (χ4v) is 3.84. The van der Waals surface area contributed by atoms with Crippen LogP contribution in [0.25, 0.3) is 6.08 Å². The first-order valence-electron chi connectivity index (χ1n) is 8.82. The van der Waals surface area contributed by atoms with E-state index in [1.165, 1.54) is 24.5 Å². The molecule has 0 unspecified atom stereocenters. The molecule has 0 aliphatic heterocycles. The maximum Gasteiger partial charge on any atom is 0.267 e. The van der Waals surface area contributed by atoms with E-state index in [0.717, 1.165) is 9.66 Å². The van der Waals surface area contributed by atoms with Crippen LogP contribution >= 0.6 is 0 Å². The minimum absolute atomic E-state index is 0.187. The lowest BCUT2D eigenvalue weighted by molar-refractivity contribution is -0.111. The highest BCUT2D eigenvalue weighted by Crippen LogP contribution is 2.20. The van der Waals surface area contributed by atoms with Gasteiger partial charge in [0, 0.05) is 38.3 Å². The monoisotopic (exact) mass is 410 g/mol. The summed E-state index contributed by atoms with van der Waals surface area (Å²) in [5.74, 6) is -0.363. The number of benzene rings is 2. The quantitative estimate of drug-likeness (QED) is 0.481. The predicted molar refractivity (Wildman–Crippen MR) is 116 cm³/mol. The van der Waals surface area contributed by atoms with E-state index in [2.05, 4.69) is 5.32 Å². The summed E-state index contributed by atoms with van der Waals surface area (Å²) in [6, 6.07) is 15.2. The normalized spacial score (nSPS) is 11.5. The number of nitrogens with two attached hydrogens (primary N) is 1. The lowest BCUT2D eigenvalue weighted by Crippen LogP contribution is -2.12. The second-order valence-corrected chi connectivity index (χ2v) is 8.42. The zero-order valence-corrected chi connectivity index (χ0v) is 16.9. The third-order valence-electron chi connectivity index (χ3n) is 4.26. The Hall–Kier alpha value is -3.52. The first kappa shape index (κ1) is 20.2. The standard InChI is InChI=1S/C21H22N4O3S/c1-24(2)17-8-10-18(11-9-17)29(27,28)25-14-13-16(15-25)7-12-21(26)23-20-6-4-3-5-19(20)22/h3-15H,22H2,1-2H3,(H,23,26). The maximum absolute atomic E-state index is 12.8. The fourth-order valence-electron chi connectivity index (χ4n) is 2.64. The molecule has 3 aromatic rings. The molecule has 0 saturated carbocycles. The first-order valence-corrected chi connectivity index (χ1v) is 10.3. The molecule has 0 aliphatic rings. The van der Waals surface area contributed by atoms with Gasteiger partial charge in [-0.25, -0.2) is 12.4 Å². The van der Waals surface area contributed by atoms with Gasteiger partial charge in [0.15, 0.2) is 0 Å². The molecule has 7 nitrogen and oxygen atoms in total. The van der Waals surface area contributed by atoms with Crippen LogP contribution in [-0.2, 0) is 14.8 Å². The Balaban J connectivity index is 1.73. The lowest BCUT2D eigenvalue weighted by atomic mass is 10.2. The lowest BCUT2D eigenvalue weighted by Gasteiger charge is -2.13. The summed E-state index contributed by atoms with van der Waals surface area (Å²) in [4.78, 5) is 14.1. The van der Waals surface area contributed by atoms with Crippen LogP contribution in [0.15, 0.2) is 78.0 Å². The van der Waals surface area contributed by atoms with Crippen LogP contribution in [0.3, 0.4) is 0 Å². The molecule has 0 radical (unpaired) electrons. The number of amides is 1. The summed E-state index contributed by atoms with van der Waals surface area (Å²) in [5.41, 5.74) is 8.26. The van der Waals surface area contributed by atoms with Gasteiger partial charge in [-0.3, -0.25) is 4.79 Å². The molecule has 0 bridgehead atoms. The van der Waals surface area contributed by atoms with Crippen LogP contribution in [0, 0.1) is 0 Å². The third kappa shape index (κ3) is 4.67. The molecule has 0 fully saturated rings. The fraction of sp³-hybridized carbons (Fsp3) is 0.0952. The summed E-state index contributed by atoms with van der Waals surface area (Å²) >= 11 is 0. The van der Waals surface area contributed by atoms with Crippen molar-refractivity contribution in [2.75, 3.05) is 30.0 Å². The number of nitrogens with zero attached hydrogens (tertiary/aromatic N) is 2. The van der Waals surface area contributed by atoms with Crippen molar-refractivity contribution in [2.24, 2.45) is 0 Å². The summed E-state index contributed by atoms with van der Waals surface area (Å²) in [6.07, 6.45) is 5.76. The zero-order chi connectivity index (χ0) is 21.0. The van der Waals surface area contributed by atoms with Gasteiger partial charge in [0.1, 0.15) is 0 Å². The Morgan fingerprint density at radius 1 is 1.07 bits per heavy atom. The molecule has 0 spiro atoms. The second kappa shape index (κ2) is 8.24. The highest BCUT2D eigenvalue weighted by molar-refractivity contribution is 7.90. The molecular formula is C21H22N4O3S. The third-order valence-corrected chi connectivity index (χ3v) is 5.91. The van der Waals surface area contributed by atoms with Crippen molar-refractivity contribution in [1.29, 1.82) is 0 Å². The number of nitrogens with one attached hydrogen (secondary N) is 1. The average Bonchev–Trinajstić information content (AvgIpc) is 3.18. The Bertz CT molecular complexity index is 1150. The number of hydrogen-bond acceptors (Lipinski definition) is 5. The molecule has 1 heterocycles. The van der Waals surface area contributed by atoms with Crippen molar-refractivity contribution >= 4 is 39.1 Å². The number of nitrogen functional groups attached to an aromatic ring is 1. The van der Waals surface area contributed by atoms with Crippen molar-refractivity contribution in [3.05, 3.63) is 78.6 Å². The first-order chi connectivity index (χ1) is 13.8. The van der Waals surface area contributed by atoms with E-state index in [4.69, 9.17) is 5.73 Å². The van der Waals surface area contributed by atoms with Crippen LogP contribution in [0.2, 0.25) is 0 Å². The second-order valence-electron chi connectivity index (χ2n) is 6.58. The van der Waals surface area contributed by atoms with E-state index < -0.39 is 10.0 Å². The molecule has 0 aliphatic carbocycles. The molecule has 1 amide bonds.